The minimum absolute atomic E-state index is 0.107. The van der Waals surface area contributed by atoms with Gasteiger partial charge in [-0.2, -0.15) is 0 Å². The third-order valence-corrected chi connectivity index (χ3v) is 4.27. The predicted octanol–water partition coefficient (Wildman–Crippen LogP) is 3.40. The van der Waals surface area contributed by atoms with Crippen LogP contribution in [0.25, 0.3) is 6.08 Å². The number of nitrogens with one attached hydrogen (secondary N) is 1. The van der Waals surface area contributed by atoms with Gasteiger partial charge in [-0.05, 0) is 42.2 Å². The lowest BCUT2D eigenvalue weighted by Gasteiger charge is -2.19. The number of carbonyl (C=O) groups excluding carboxylic acids is 1. The highest BCUT2D eigenvalue weighted by atomic mass is 32.1. The summed E-state index contributed by atoms with van der Waals surface area (Å²) in [5.41, 5.74) is 0. The predicted molar refractivity (Wildman–Crippen MR) is 86.2 cm³/mol. The summed E-state index contributed by atoms with van der Waals surface area (Å²) in [4.78, 5) is 23.3. The molecule has 1 rings (SSSR count). The van der Waals surface area contributed by atoms with Gasteiger partial charge in [-0.15, -0.1) is 11.3 Å². The highest BCUT2D eigenvalue weighted by Gasteiger charge is 2.14. The van der Waals surface area contributed by atoms with Crippen LogP contribution in [-0.4, -0.2) is 23.5 Å². The molecule has 1 amide bonds. The van der Waals surface area contributed by atoms with Crippen molar-refractivity contribution in [3.63, 3.8) is 0 Å². The summed E-state index contributed by atoms with van der Waals surface area (Å²) in [5.74, 6) is -0.127. The van der Waals surface area contributed by atoms with Crippen molar-refractivity contribution in [1.29, 1.82) is 0 Å². The summed E-state index contributed by atoms with van der Waals surface area (Å²) >= 11 is 1.58. The molecule has 1 aromatic heterocycles. The zero-order valence-electron chi connectivity index (χ0n) is 12.5. The average molecular weight is 309 g/mol. The van der Waals surface area contributed by atoms with Gasteiger partial charge in [0, 0.05) is 23.9 Å². The van der Waals surface area contributed by atoms with E-state index in [-0.39, 0.29) is 12.3 Å². The Hall–Kier alpha value is -1.62. The molecule has 4 nitrogen and oxygen atoms in total. The van der Waals surface area contributed by atoms with Crippen molar-refractivity contribution in [3.8, 4) is 0 Å². The fourth-order valence-electron chi connectivity index (χ4n) is 2.10. The van der Waals surface area contributed by atoms with Crippen molar-refractivity contribution in [3.05, 3.63) is 28.5 Å². The number of amides is 1. The first-order chi connectivity index (χ1) is 9.99. The van der Waals surface area contributed by atoms with Gasteiger partial charge < -0.3 is 10.4 Å². The highest BCUT2D eigenvalue weighted by Crippen LogP contribution is 2.20. The van der Waals surface area contributed by atoms with E-state index < -0.39 is 5.97 Å². The number of carbonyl (C=O) groups is 2. The van der Waals surface area contributed by atoms with Crippen LogP contribution < -0.4 is 5.32 Å². The Kier molecular flexibility index (Phi) is 7.75. The van der Waals surface area contributed by atoms with Gasteiger partial charge in [-0.3, -0.25) is 9.59 Å². The maximum absolute atomic E-state index is 11.7. The van der Waals surface area contributed by atoms with Gasteiger partial charge in [0.05, 0.1) is 0 Å². The number of aliphatic carboxylic acids is 1. The minimum Gasteiger partial charge on any atom is -0.481 e. The zero-order valence-corrected chi connectivity index (χ0v) is 13.4. The van der Waals surface area contributed by atoms with Crippen molar-refractivity contribution in [2.24, 2.45) is 11.8 Å². The van der Waals surface area contributed by atoms with E-state index >= 15 is 0 Å². The van der Waals surface area contributed by atoms with Gasteiger partial charge in [0.1, 0.15) is 0 Å². The molecular weight excluding hydrogens is 286 g/mol. The second kappa shape index (κ2) is 9.34. The van der Waals surface area contributed by atoms with Crippen LogP contribution >= 0.6 is 11.3 Å². The molecule has 0 aromatic carbocycles. The lowest BCUT2D eigenvalue weighted by molar-refractivity contribution is -0.137. The van der Waals surface area contributed by atoms with Crippen LogP contribution in [0.4, 0.5) is 0 Å². The number of hydrogen-bond donors (Lipinski definition) is 2. The molecule has 0 radical (unpaired) electrons. The fourth-order valence-corrected chi connectivity index (χ4v) is 2.72. The molecule has 2 N–H and O–H groups in total. The number of rotatable bonds is 9. The van der Waals surface area contributed by atoms with Crippen molar-refractivity contribution in [1.82, 2.24) is 5.32 Å². The normalized spacial score (nSPS) is 12.7. The SMILES string of the molecule is CC(C)C(CCNC(=O)C=Cc1cccs1)CCC(=O)O. The van der Waals surface area contributed by atoms with E-state index in [0.29, 0.717) is 24.8 Å². The molecular formula is C16H23NO3S. The highest BCUT2D eigenvalue weighted by molar-refractivity contribution is 7.10. The maximum Gasteiger partial charge on any atom is 0.303 e. The van der Waals surface area contributed by atoms with E-state index in [1.807, 2.05) is 17.5 Å². The van der Waals surface area contributed by atoms with Gasteiger partial charge in [0.25, 0.3) is 0 Å². The molecule has 1 atom stereocenters. The Labute approximate surface area is 129 Å². The standard InChI is InChI=1S/C16H23NO3S/c1-12(2)13(5-8-16(19)20)9-10-17-15(18)7-6-14-4-3-11-21-14/h3-4,6-7,11-13H,5,8-10H2,1-2H3,(H,17,18)(H,19,20). The molecule has 0 aliphatic rings. The van der Waals surface area contributed by atoms with E-state index in [4.69, 9.17) is 5.11 Å². The number of hydrogen-bond acceptors (Lipinski definition) is 3. The molecule has 1 unspecified atom stereocenters. The molecule has 0 fully saturated rings. The van der Waals surface area contributed by atoms with Gasteiger partial charge in [0.15, 0.2) is 0 Å². The Morgan fingerprint density at radius 1 is 1.38 bits per heavy atom. The van der Waals surface area contributed by atoms with E-state index in [1.54, 1.807) is 17.4 Å². The van der Waals surface area contributed by atoms with Crippen LogP contribution in [0.5, 0.6) is 0 Å². The first kappa shape index (κ1) is 17.4. The average Bonchev–Trinajstić information content (AvgIpc) is 2.92. The van der Waals surface area contributed by atoms with E-state index in [0.717, 1.165) is 11.3 Å². The molecule has 21 heavy (non-hydrogen) atoms. The van der Waals surface area contributed by atoms with Crippen molar-refractivity contribution >= 4 is 29.3 Å². The molecule has 0 aliphatic heterocycles. The molecule has 1 aromatic rings. The number of carboxylic acid groups (broad SMARTS) is 1. The smallest absolute Gasteiger partial charge is 0.303 e. The second-order valence-electron chi connectivity index (χ2n) is 5.36. The Bertz CT molecular complexity index is 466. The van der Waals surface area contributed by atoms with Crippen LogP contribution in [0.1, 0.15) is 38.0 Å². The molecule has 0 aliphatic carbocycles. The van der Waals surface area contributed by atoms with Gasteiger partial charge in [0.2, 0.25) is 5.91 Å². The molecule has 0 saturated heterocycles. The van der Waals surface area contributed by atoms with Crippen molar-refractivity contribution < 1.29 is 14.7 Å². The summed E-state index contributed by atoms with van der Waals surface area (Å²) in [7, 11) is 0. The van der Waals surface area contributed by atoms with Crippen molar-refractivity contribution in [2.75, 3.05) is 6.54 Å². The second-order valence-corrected chi connectivity index (χ2v) is 6.34. The molecule has 0 spiro atoms. The van der Waals surface area contributed by atoms with Crippen LogP contribution in [0.2, 0.25) is 0 Å². The van der Waals surface area contributed by atoms with Gasteiger partial charge >= 0.3 is 5.97 Å². The monoisotopic (exact) mass is 309 g/mol. The molecule has 0 bridgehead atoms. The van der Waals surface area contributed by atoms with E-state index in [2.05, 4.69) is 19.2 Å². The first-order valence-electron chi connectivity index (χ1n) is 7.20. The summed E-state index contributed by atoms with van der Waals surface area (Å²) < 4.78 is 0. The Balaban J connectivity index is 2.29. The van der Waals surface area contributed by atoms with Crippen molar-refractivity contribution in [2.45, 2.75) is 33.1 Å². The van der Waals surface area contributed by atoms with Crippen LogP contribution in [0.3, 0.4) is 0 Å². The van der Waals surface area contributed by atoms with E-state index in [9.17, 15) is 9.59 Å². The quantitative estimate of drug-likeness (QED) is 0.687. The minimum atomic E-state index is -0.761. The third-order valence-electron chi connectivity index (χ3n) is 3.43. The lowest BCUT2D eigenvalue weighted by atomic mass is 9.88. The Morgan fingerprint density at radius 2 is 2.14 bits per heavy atom. The van der Waals surface area contributed by atoms with Crippen LogP contribution in [-0.2, 0) is 9.59 Å². The number of carboxylic acids is 1. The fraction of sp³-hybridized carbons (Fsp3) is 0.500. The summed E-state index contributed by atoms with van der Waals surface area (Å²) in [6.07, 6.45) is 4.99. The van der Waals surface area contributed by atoms with Gasteiger partial charge in [-0.25, -0.2) is 0 Å². The molecule has 5 heteroatoms. The summed E-state index contributed by atoms with van der Waals surface area (Å²) in [6, 6.07) is 3.90. The third kappa shape index (κ3) is 7.66. The zero-order chi connectivity index (χ0) is 15.7. The lowest BCUT2D eigenvalue weighted by Crippen LogP contribution is -2.25. The molecule has 0 saturated carbocycles. The first-order valence-corrected chi connectivity index (χ1v) is 8.08. The topological polar surface area (TPSA) is 66.4 Å². The van der Waals surface area contributed by atoms with Gasteiger partial charge in [-0.1, -0.05) is 19.9 Å². The Morgan fingerprint density at radius 3 is 2.71 bits per heavy atom. The summed E-state index contributed by atoms with van der Waals surface area (Å²) in [6.45, 7) is 4.76. The van der Waals surface area contributed by atoms with E-state index in [1.165, 1.54) is 6.08 Å². The molecule has 1 heterocycles. The van der Waals surface area contributed by atoms with Crippen LogP contribution in [0.15, 0.2) is 23.6 Å². The largest absolute Gasteiger partial charge is 0.481 e. The summed E-state index contributed by atoms with van der Waals surface area (Å²) in [5, 5.41) is 13.6. The van der Waals surface area contributed by atoms with Crippen LogP contribution in [0, 0.1) is 11.8 Å². The molecule has 116 valence electrons. The maximum atomic E-state index is 11.7. The number of thiophene rings is 1.